The highest BCUT2D eigenvalue weighted by Gasteiger charge is 2.31. The number of piperazine rings is 1. The second-order valence-corrected chi connectivity index (χ2v) is 6.51. The Hall–Kier alpha value is -1.88. The van der Waals surface area contributed by atoms with Gasteiger partial charge in [-0.1, -0.05) is 26.0 Å². The van der Waals surface area contributed by atoms with Crippen LogP contribution in [0.5, 0.6) is 0 Å². The van der Waals surface area contributed by atoms with E-state index in [2.05, 4.69) is 18.7 Å². The van der Waals surface area contributed by atoms with Crippen molar-refractivity contribution in [3.05, 3.63) is 35.4 Å². The van der Waals surface area contributed by atoms with E-state index in [0.717, 1.165) is 25.2 Å². The Morgan fingerprint density at radius 1 is 1.26 bits per heavy atom. The highest BCUT2D eigenvalue weighted by Crippen LogP contribution is 2.17. The average Bonchev–Trinajstić information content (AvgIpc) is 2.54. The lowest BCUT2D eigenvalue weighted by atomic mass is 10.1. The second kappa shape index (κ2) is 7.59. The number of hydrogen-bond acceptors (Lipinski definition) is 4. The topological polar surface area (TPSA) is 49.9 Å². The molecule has 0 bridgehead atoms. The minimum atomic E-state index is -0.331. The van der Waals surface area contributed by atoms with E-state index in [1.165, 1.54) is 7.11 Å². The number of benzene rings is 1. The van der Waals surface area contributed by atoms with E-state index in [0.29, 0.717) is 18.0 Å². The van der Waals surface area contributed by atoms with Gasteiger partial charge in [-0.3, -0.25) is 9.69 Å². The molecule has 1 aromatic rings. The van der Waals surface area contributed by atoms with Crippen molar-refractivity contribution in [3.63, 3.8) is 0 Å². The molecule has 1 amide bonds. The van der Waals surface area contributed by atoms with Crippen LogP contribution in [0.1, 0.15) is 36.7 Å². The maximum absolute atomic E-state index is 12.5. The van der Waals surface area contributed by atoms with Crippen LogP contribution in [0.25, 0.3) is 0 Å². The van der Waals surface area contributed by atoms with Crippen LogP contribution < -0.4 is 0 Å². The molecule has 5 heteroatoms. The fourth-order valence-corrected chi connectivity index (χ4v) is 2.91. The summed E-state index contributed by atoms with van der Waals surface area (Å²) in [6.07, 6.45) is 0. The van der Waals surface area contributed by atoms with Crippen molar-refractivity contribution >= 4 is 11.9 Å². The van der Waals surface area contributed by atoms with Crippen molar-refractivity contribution in [2.45, 2.75) is 33.4 Å². The number of hydrogen-bond donors (Lipinski definition) is 0. The lowest BCUT2D eigenvalue weighted by Crippen LogP contribution is -2.56. The molecule has 1 fully saturated rings. The molecular formula is C18H26N2O3. The van der Waals surface area contributed by atoms with Crippen molar-refractivity contribution in [1.82, 2.24) is 9.80 Å². The monoisotopic (exact) mass is 318 g/mol. The minimum absolute atomic E-state index is 0.109. The molecule has 1 saturated heterocycles. The van der Waals surface area contributed by atoms with Gasteiger partial charge in [-0.25, -0.2) is 4.79 Å². The molecule has 1 aliphatic heterocycles. The average molecular weight is 318 g/mol. The summed E-state index contributed by atoms with van der Waals surface area (Å²) in [6, 6.07) is 7.27. The van der Waals surface area contributed by atoms with E-state index in [-0.39, 0.29) is 17.9 Å². The van der Waals surface area contributed by atoms with Crippen molar-refractivity contribution in [1.29, 1.82) is 0 Å². The van der Waals surface area contributed by atoms with Crippen LogP contribution in [-0.4, -0.2) is 54.5 Å². The predicted molar refractivity (Wildman–Crippen MR) is 89.1 cm³/mol. The zero-order valence-corrected chi connectivity index (χ0v) is 14.4. The smallest absolute Gasteiger partial charge is 0.337 e. The van der Waals surface area contributed by atoms with Crippen LogP contribution in [0.2, 0.25) is 0 Å². The van der Waals surface area contributed by atoms with Gasteiger partial charge in [0, 0.05) is 26.2 Å². The molecule has 0 saturated carbocycles. The van der Waals surface area contributed by atoms with Crippen LogP contribution >= 0.6 is 0 Å². The van der Waals surface area contributed by atoms with Crippen LogP contribution in [0.3, 0.4) is 0 Å². The molecule has 2 rings (SSSR count). The zero-order valence-electron chi connectivity index (χ0n) is 14.4. The standard InChI is InChI=1S/C18H26N2O3/c1-13(2)11-20-10-9-19(14(3)17(20)21)12-15-5-7-16(8-6-15)18(22)23-4/h5-8,13-14H,9-12H2,1-4H3/t14-/m0/s1. The number of methoxy groups -OCH3 is 1. The molecule has 0 radical (unpaired) electrons. The Balaban J connectivity index is 1.98. The Morgan fingerprint density at radius 2 is 1.91 bits per heavy atom. The van der Waals surface area contributed by atoms with E-state index in [9.17, 15) is 9.59 Å². The second-order valence-electron chi connectivity index (χ2n) is 6.51. The van der Waals surface area contributed by atoms with Gasteiger partial charge in [0.1, 0.15) is 0 Å². The lowest BCUT2D eigenvalue weighted by molar-refractivity contribution is -0.141. The predicted octanol–water partition coefficient (Wildman–Crippen LogP) is 2.16. The quantitative estimate of drug-likeness (QED) is 0.781. The molecule has 23 heavy (non-hydrogen) atoms. The molecule has 126 valence electrons. The van der Waals surface area contributed by atoms with Gasteiger partial charge in [-0.15, -0.1) is 0 Å². The first-order valence-electron chi connectivity index (χ1n) is 8.12. The maximum atomic E-state index is 12.5. The summed E-state index contributed by atoms with van der Waals surface area (Å²) in [5, 5.41) is 0. The zero-order chi connectivity index (χ0) is 17.0. The van der Waals surface area contributed by atoms with Crippen molar-refractivity contribution in [3.8, 4) is 0 Å². The number of nitrogens with zero attached hydrogens (tertiary/aromatic N) is 2. The van der Waals surface area contributed by atoms with Crippen LogP contribution in [0.15, 0.2) is 24.3 Å². The van der Waals surface area contributed by atoms with Gasteiger partial charge in [0.15, 0.2) is 0 Å². The van der Waals surface area contributed by atoms with Gasteiger partial charge in [-0.05, 0) is 30.5 Å². The molecular weight excluding hydrogens is 292 g/mol. The van der Waals surface area contributed by atoms with Gasteiger partial charge < -0.3 is 9.64 Å². The van der Waals surface area contributed by atoms with Crippen LogP contribution in [0, 0.1) is 5.92 Å². The minimum Gasteiger partial charge on any atom is -0.465 e. The number of esters is 1. The number of ether oxygens (including phenoxy) is 1. The van der Waals surface area contributed by atoms with Gasteiger partial charge >= 0.3 is 5.97 Å². The number of rotatable bonds is 5. The first kappa shape index (κ1) is 17.5. The van der Waals surface area contributed by atoms with Gasteiger partial charge in [0.25, 0.3) is 0 Å². The van der Waals surface area contributed by atoms with E-state index >= 15 is 0 Å². The first-order chi connectivity index (χ1) is 10.9. The van der Waals surface area contributed by atoms with E-state index in [4.69, 9.17) is 4.74 Å². The molecule has 5 nitrogen and oxygen atoms in total. The third-order valence-electron chi connectivity index (χ3n) is 4.22. The molecule has 0 N–H and O–H groups in total. The number of amides is 1. The third kappa shape index (κ3) is 4.32. The van der Waals surface area contributed by atoms with Crippen molar-refractivity contribution in [2.24, 2.45) is 5.92 Å². The molecule has 1 aromatic carbocycles. The highest BCUT2D eigenvalue weighted by atomic mass is 16.5. The molecule has 1 heterocycles. The Bertz CT molecular complexity index is 554. The summed E-state index contributed by atoms with van der Waals surface area (Å²) >= 11 is 0. The highest BCUT2D eigenvalue weighted by molar-refractivity contribution is 5.89. The lowest BCUT2D eigenvalue weighted by Gasteiger charge is -2.39. The Labute approximate surface area is 138 Å². The molecule has 0 spiro atoms. The normalized spacial score (nSPS) is 19.3. The molecule has 0 aliphatic carbocycles. The van der Waals surface area contributed by atoms with Gasteiger partial charge in [0.05, 0.1) is 18.7 Å². The van der Waals surface area contributed by atoms with Crippen LogP contribution in [-0.2, 0) is 16.1 Å². The summed E-state index contributed by atoms with van der Waals surface area (Å²) in [5.41, 5.74) is 1.64. The van der Waals surface area contributed by atoms with E-state index in [1.54, 1.807) is 12.1 Å². The fourth-order valence-electron chi connectivity index (χ4n) is 2.91. The molecule has 1 aliphatic rings. The van der Waals surface area contributed by atoms with Gasteiger partial charge in [-0.2, -0.15) is 0 Å². The van der Waals surface area contributed by atoms with Crippen molar-refractivity contribution in [2.75, 3.05) is 26.7 Å². The van der Waals surface area contributed by atoms with E-state index in [1.807, 2.05) is 24.0 Å². The molecule has 0 unspecified atom stereocenters. The summed E-state index contributed by atoms with van der Waals surface area (Å²) in [5.74, 6) is 0.363. The summed E-state index contributed by atoms with van der Waals surface area (Å²) in [6.45, 7) is 9.42. The maximum Gasteiger partial charge on any atom is 0.337 e. The number of carbonyl (C=O) groups excluding carboxylic acids is 2. The molecule has 1 atom stereocenters. The first-order valence-corrected chi connectivity index (χ1v) is 8.12. The Morgan fingerprint density at radius 3 is 2.48 bits per heavy atom. The SMILES string of the molecule is COC(=O)c1ccc(CN2CCN(CC(C)C)C(=O)[C@@H]2C)cc1. The summed E-state index contributed by atoms with van der Waals surface area (Å²) < 4.78 is 4.70. The largest absolute Gasteiger partial charge is 0.465 e. The molecule has 0 aromatic heterocycles. The summed E-state index contributed by atoms with van der Waals surface area (Å²) in [7, 11) is 1.38. The summed E-state index contributed by atoms with van der Waals surface area (Å²) in [4.78, 5) is 28.1. The Kier molecular flexibility index (Phi) is 5.77. The fraction of sp³-hybridized carbons (Fsp3) is 0.556. The van der Waals surface area contributed by atoms with Crippen molar-refractivity contribution < 1.29 is 14.3 Å². The van der Waals surface area contributed by atoms with Gasteiger partial charge in [0.2, 0.25) is 5.91 Å². The third-order valence-corrected chi connectivity index (χ3v) is 4.22. The van der Waals surface area contributed by atoms with Crippen LogP contribution in [0.4, 0.5) is 0 Å². The van der Waals surface area contributed by atoms with E-state index < -0.39 is 0 Å². The number of carbonyl (C=O) groups is 2.